The summed E-state index contributed by atoms with van der Waals surface area (Å²) < 4.78 is 274. The molecule has 0 atom stereocenters. The van der Waals surface area contributed by atoms with E-state index in [1.165, 1.54) is 39.8 Å². The molecule has 46 heavy (non-hydrogen) atoms. The predicted octanol–water partition coefficient (Wildman–Crippen LogP) is 6.12. The van der Waals surface area contributed by atoms with Crippen molar-refractivity contribution in [3.63, 3.8) is 0 Å². The van der Waals surface area contributed by atoms with Crippen LogP contribution in [0.2, 0.25) is 0 Å². The van der Waals surface area contributed by atoms with Gasteiger partial charge in [0.25, 0.3) is 10.0 Å². The molecule has 0 radical (unpaired) electrons. The SMILES string of the molecule is CCO[Si](CN(CCCN(C)C)S(=O)(=O)C(F)(F)C(F)(F)C(F)(F)C(F)(F)C(F)(F)C(F)(F)C(F)(F)C(F)(F)F)(OCC)OCC. The lowest BCUT2D eigenvalue weighted by Gasteiger charge is -2.43. The van der Waals surface area contributed by atoms with E-state index >= 15 is 8.78 Å². The molecular weight excluding hydrogens is 731 g/mol. The minimum atomic E-state index is -8.92. The lowest BCUT2D eigenvalue weighted by Crippen LogP contribution is -2.75. The van der Waals surface area contributed by atoms with Crippen LogP contribution in [0.1, 0.15) is 27.2 Å². The smallest absolute Gasteiger partial charge is 0.373 e. The molecule has 0 fully saturated rings. The van der Waals surface area contributed by atoms with Crippen LogP contribution in [0.15, 0.2) is 0 Å². The van der Waals surface area contributed by atoms with E-state index in [1.807, 2.05) is 0 Å². The van der Waals surface area contributed by atoms with Crippen LogP contribution < -0.4 is 0 Å². The maximum atomic E-state index is 15.0. The summed E-state index contributed by atoms with van der Waals surface area (Å²) in [4.78, 5) is 1.24. The molecule has 0 amide bonds. The van der Waals surface area contributed by atoms with Gasteiger partial charge < -0.3 is 18.2 Å². The Kier molecular flexibility index (Phi) is 13.9. The van der Waals surface area contributed by atoms with Crippen molar-refractivity contribution in [3.05, 3.63) is 0 Å². The highest BCUT2D eigenvalue weighted by Gasteiger charge is 2.96. The number of alkyl halides is 17. The van der Waals surface area contributed by atoms with Gasteiger partial charge in [-0.1, -0.05) is 0 Å². The Bertz CT molecular complexity index is 1090. The first-order valence-corrected chi connectivity index (χ1v) is 15.9. The van der Waals surface area contributed by atoms with Gasteiger partial charge in [0.05, 0.1) is 6.17 Å². The number of sulfonamides is 1. The van der Waals surface area contributed by atoms with E-state index in [0.29, 0.717) is 0 Å². The average Bonchev–Trinajstić information content (AvgIpc) is 2.86. The summed E-state index contributed by atoms with van der Waals surface area (Å²) in [5.74, 6) is -52.1. The molecule has 0 aliphatic heterocycles. The summed E-state index contributed by atoms with van der Waals surface area (Å²) in [5.41, 5.74) is 0. The van der Waals surface area contributed by atoms with Gasteiger partial charge in [-0.2, -0.15) is 78.9 Å². The second kappa shape index (κ2) is 14.3. The molecule has 0 saturated carbocycles. The highest BCUT2D eigenvalue weighted by Crippen LogP contribution is 2.64. The van der Waals surface area contributed by atoms with Gasteiger partial charge in [0.15, 0.2) is 0 Å². The van der Waals surface area contributed by atoms with E-state index in [1.54, 1.807) is 0 Å². The zero-order chi connectivity index (χ0) is 37.2. The maximum absolute atomic E-state index is 15.0. The molecule has 0 aromatic heterocycles. The number of hydrogen-bond donors (Lipinski definition) is 0. The summed E-state index contributed by atoms with van der Waals surface area (Å²) in [6.07, 6.45) is -10.2. The Morgan fingerprint density at radius 1 is 0.543 bits per heavy atom. The molecule has 0 bridgehead atoms. The summed E-state index contributed by atoms with van der Waals surface area (Å²) in [7, 11) is -9.60. The molecule has 0 unspecified atom stereocenters. The molecule has 0 saturated heterocycles. The van der Waals surface area contributed by atoms with Gasteiger partial charge in [0.1, 0.15) is 0 Å². The van der Waals surface area contributed by atoms with E-state index < -0.39 is 109 Å². The number of rotatable bonds is 20. The molecule has 26 heteroatoms. The fraction of sp³-hybridized carbons (Fsp3) is 1.00. The van der Waals surface area contributed by atoms with Gasteiger partial charge in [-0.05, 0) is 47.8 Å². The van der Waals surface area contributed by atoms with Gasteiger partial charge in [-0.15, -0.1) is 0 Å². The maximum Gasteiger partial charge on any atom is 0.516 e. The van der Waals surface area contributed by atoms with E-state index in [0.717, 1.165) is 0 Å². The molecule has 0 aromatic carbocycles. The Hall–Kier alpha value is -1.22. The standard InChI is InChI=1S/C20H29F17N2O5SSi/c1-6-42-46(43-7-2,44-8-3)12-39(11-9-10-38(4)5)45(40,41)20(36,37)18(31,32)16(27,28)14(23,24)13(21,22)15(25,26)17(29,30)19(33,34)35/h6-12H2,1-5H3. The molecule has 0 spiro atoms. The van der Waals surface area contributed by atoms with Crippen LogP contribution in [0.5, 0.6) is 0 Å². The number of hydrogen-bond acceptors (Lipinski definition) is 6. The highest BCUT2D eigenvalue weighted by molar-refractivity contribution is 7.90. The van der Waals surface area contributed by atoms with Crippen molar-refractivity contribution < 1.29 is 96.3 Å². The summed E-state index contributed by atoms with van der Waals surface area (Å²) in [6, 6.07) is 0. The summed E-state index contributed by atoms with van der Waals surface area (Å²) in [5, 5.41) is -7.70. The Balaban J connectivity index is 7.36. The Morgan fingerprint density at radius 2 is 0.870 bits per heavy atom. The normalized spacial score (nSPS) is 15.7. The number of halogens is 17. The van der Waals surface area contributed by atoms with E-state index in [-0.39, 0.29) is 6.54 Å². The van der Waals surface area contributed by atoms with Crippen LogP contribution in [0.25, 0.3) is 0 Å². The van der Waals surface area contributed by atoms with Crippen molar-refractivity contribution in [3.8, 4) is 0 Å². The second-order valence-corrected chi connectivity index (χ2v) is 14.0. The summed E-state index contributed by atoms with van der Waals surface area (Å²) in [6.45, 7) is 0.587. The van der Waals surface area contributed by atoms with Gasteiger partial charge >= 0.3 is 55.8 Å². The topological polar surface area (TPSA) is 68.3 Å². The van der Waals surface area contributed by atoms with Crippen molar-refractivity contribution >= 4 is 18.8 Å². The van der Waals surface area contributed by atoms with Gasteiger partial charge in [0, 0.05) is 26.4 Å². The minimum Gasteiger partial charge on any atom is -0.373 e. The number of nitrogens with zero attached hydrogens (tertiary/aromatic N) is 2. The van der Waals surface area contributed by atoms with Crippen LogP contribution in [0, 0.1) is 0 Å². The van der Waals surface area contributed by atoms with Crippen LogP contribution in [-0.4, -0.2) is 127 Å². The van der Waals surface area contributed by atoms with Gasteiger partial charge in [-0.3, -0.25) is 0 Å². The van der Waals surface area contributed by atoms with Crippen molar-refractivity contribution in [2.45, 2.75) is 74.2 Å². The molecule has 0 rings (SSSR count). The fourth-order valence-corrected chi connectivity index (χ4v) is 8.19. The third-order valence-electron chi connectivity index (χ3n) is 5.83. The largest absolute Gasteiger partial charge is 0.516 e. The van der Waals surface area contributed by atoms with Crippen molar-refractivity contribution in [1.29, 1.82) is 0 Å². The average molecular weight is 761 g/mol. The van der Waals surface area contributed by atoms with Crippen LogP contribution in [0.3, 0.4) is 0 Å². The zero-order valence-corrected chi connectivity index (χ0v) is 26.0. The van der Waals surface area contributed by atoms with Gasteiger partial charge in [0.2, 0.25) is 0 Å². The molecule has 0 aromatic rings. The molecule has 0 N–H and O–H groups in total. The van der Waals surface area contributed by atoms with E-state index in [9.17, 15) is 74.3 Å². The quantitative estimate of drug-likeness (QED) is 0.110. The van der Waals surface area contributed by atoms with Crippen molar-refractivity contribution in [2.75, 3.05) is 53.2 Å². The fourth-order valence-electron chi connectivity index (χ4n) is 3.46. The lowest BCUT2D eigenvalue weighted by atomic mass is 9.91. The predicted molar refractivity (Wildman–Crippen MR) is 125 cm³/mol. The first-order valence-electron chi connectivity index (χ1n) is 12.5. The monoisotopic (exact) mass is 760 g/mol. The van der Waals surface area contributed by atoms with Crippen molar-refractivity contribution in [1.82, 2.24) is 9.21 Å². The molecule has 0 aliphatic rings. The Labute approximate surface area is 252 Å². The molecule has 0 aliphatic carbocycles. The summed E-state index contributed by atoms with van der Waals surface area (Å²) >= 11 is 0. The lowest BCUT2D eigenvalue weighted by molar-refractivity contribution is -0.458. The molecule has 278 valence electrons. The Morgan fingerprint density at radius 3 is 1.17 bits per heavy atom. The minimum absolute atomic E-state index is 0.274. The van der Waals surface area contributed by atoms with Crippen molar-refractivity contribution in [2.24, 2.45) is 0 Å². The molecular formula is C20H29F17N2O5SSi. The van der Waals surface area contributed by atoms with Gasteiger partial charge in [-0.25, -0.2) is 8.42 Å². The molecule has 7 nitrogen and oxygen atoms in total. The van der Waals surface area contributed by atoms with Crippen LogP contribution in [0.4, 0.5) is 74.6 Å². The zero-order valence-electron chi connectivity index (χ0n) is 24.2. The van der Waals surface area contributed by atoms with Crippen LogP contribution >= 0.6 is 0 Å². The second-order valence-electron chi connectivity index (χ2n) is 9.44. The van der Waals surface area contributed by atoms with E-state index in [4.69, 9.17) is 13.3 Å². The third kappa shape index (κ3) is 7.50. The van der Waals surface area contributed by atoms with Crippen LogP contribution in [-0.2, 0) is 23.3 Å². The first-order chi connectivity index (χ1) is 20.2. The molecule has 0 heterocycles. The highest BCUT2D eigenvalue weighted by atomic mass is 32.2. The van der Waals surface area contributed by atoms with E-state index in [2.05, 4.69) is 0 Å². The first kappa shape index (κ1) is 44.8. The third-order valence-corrected chi connectivity index (χ3v) is 10.9.